The first-order valence-electron chi connectivity index (χ1n) is 10.3. The van der Waals surface area contributed by atoms with E-state index >= 15 is 0 Å². The lowest BCUT2D eigenvalue weighted by molar-refractivity contribution is -0.129. The Morgan fingerprint density at radius 1 is 1.13 bits per heavy atom. The fraction of sp³-hybridized carbons (Fsp3) is 0.304. The molecule has 3 heterocycles. The van der Waals surface area contributed by atoms with E-state index in [4.69, 9.17) is 4.74 Å². The highest BCUT2D eigenvalue weighted by Crippen LogP contribution is 2.45. The second-order valence-corrected chi connectivity index (χ2v) is 8.04. The Morgan fingerprint density at radius 3 is 2.68 bits per heavy atom. The van der Waals surface area contributed by atoms with E-state index < -0.39 is 24.0 Å². The van der Waals surface area contributed by atoms with Gasteiger partial charge in [0.25, 0.3) is 11.8 Å². The summed E-state index contributed by atoms with van der Waals surface area (Å²) >= 11 is 0. The summed E-state index contributed by atoms with van der Waals surface area (Å²) in [6.45, 7) is 1.45. The second kappa shape index (κ2) is 7.23. The fourth-order valence-electron chi connectivity index (χ4n) is 4.64. The van der Waals surface area contributed by atoms with Crippen molar-refractivity contribution in [2.24, 2.45) is 0 Å². The number of carbonyl (C=O) groups is 3. The number of imidazole rings is 1. The lowest BCUT2D eigenvalue weighted by Crippen LogP contribution is -2.61. The molecule has 158 valence electrons. The smallest absolute Gasteiger partial charge is 0.359 e. The number of rotatable bonds is 3. The number of benzene rings is 1. The minimum Gasteiger partial charge on any atom is -0.451 e. The monoisotopic (exact) mass is 418 g/mol. The molecule has 1 N–H and O–H groups in total. The van der Waals surface area contributed by atoms with Crippen LogP contribution in [0.1, 0.15) is 41.9 Å². The van der Waals surface area contributed by atoms with Crippen LogP contribution in [0.15, 0.2) is 48.7 Å². The standard InChI is InChI=1S/C23H22N4O4/c1-15-7-6-10-19-24-17(13-26(15)19)21(29)31-14-20(28)27-18-9-3-2-8-16(18)25-22(30)23(27)11-4-5-12-23/h2-3,6-10,13H,4-5,11-12,14H2,1H3,(H,25,30). The van der Waals surface area contributed by atoms with Gasteiger partial charge in [0.1, 0.15) is 11.2 Å². The average Bonchev–Trinajstić information content (AvgIpc) is 3.42. The van der Waals surface area contributed by atoms with Crippen molar-refractivity contribution in [3.8, 4) is 0 Å². The van der Waals surface area contributed by atoms with Crippen molar-refractivity contribution in [3.63, 3.8) is 0 Å². The Bertz CT molecular complexity index is 1210. The lowest BCUT2D eigenvalue weighted by atomic mass is 9.90. The average molecular weight is 418 g/mol. The van der Waals surface area contributed by atoms with E-state index in [2.05, 4.69) is 10.3 Å². The Balaban J connectivity index is 1.40. The summed E-state index contributed by atoms with van der Waals surface area (Å²) < 4.78 is 7.12. The van der Waals surface area contributed by atoms with Crippen molar-refractivity contribution < 1.29 is 19.1 Å². The minimum absolute atomic E-state index is 0.134. The number of para-hydroxylation sites is 2. The first-order valence-corrected chi connectivity index (χ1v) is 10.3. The Hall–Kier alpha value is -3.68. The van der Waals surface area contributed by atoms with Crippen LogP contribution in [0.25, 0.3) is 5.65 Å². The summed E-state index contributed by atoms with van der Waals surface area (Å²) in [6, 6.07) is 12.8. The summed E-state index contributed by atoms with van der Waals surface area (Å²) in [4.78, 5) is 44.6. The number of anilines is 2. The molecule has 2 amide bonds. The Labute approximate surface area is 178 Å². The molecule has 3 aromatic rings. The van der Waals surface area contributed by atoms with Crippen molar-refractivity contribution in [1.29, 1.82) is 0 Å². The van der Waals surface area contributed by atoms with Gasteiger partial charge < -0.3 is 14.5 Å². The van der Waals surface area contributed by atoms with Crippen LogP contribution in [0.5, 0.6) is 0 Å². The number of hydrogen-bond acceptors (Lipinski definition) is 5. The van der Waals surface area contributed by atoms with Gasteiger partial charge in [-0.2, -0.15) is 0 Å². The molecule has 0 radical (unpaired) electrons. The highest BCUT2D eigenvalue weighted by molar-refractivity contribution is 6.15. The Kier molecular flexibility index (Phi) is 4.50. The summed E-state index contributed by atoms with van der Waals surface area (Å²) in [6.07, 6.45) is 4.48. The molecule has 2 aliphatic rings. The number of amides is 2. The quantitative estimate of drug-likeness (QED) is 0.660. The third-order valence-corrected chi connectivity index (χ3v) is 6.16. The van der Waals surface area contributed by atoms with E-state index in [0.29, 0.717) is 29.9 Å². The summed E-state index contributed by atoms with van der Waals surface area (Å²) in [5.41, 5.74) is 1.98. The minimum atomic E-state index is -0.932. The van der Waals surface area contributed by atoms with Crippen LogP contribution in [0, 0.1) is 6.92 Å². The van der Waals surface area contributed by atoms with E-state index in [-0.39, 0.29) is 11.6 Å². The van der Waals surface area contributed by atoms with Crippen LogP contribution in [-0.4, -0.2) is 39.3 Å². The van der Waals surface area contributed by atoms with Crippen molar-refractivity contribution >= 4 is 34.8 Å². The Morgan fingerprint density at radius 2 is 1.90 bits per heavy atom. The molecule has 1 spiro atoms. The van der Waals surface area contributed by atoms with E-state index in [1.54, 1.807) is 34.9 Å². The van der Waals surface area contributed by atoms with E-state index in [1.165, 1.54) is 4.90 Å². The number of nitrogens with one attached hydrogen (secondary N) is 1. The molecule has 1 aliphatic heterocycles. The first-order chi connectivity index (χ1) is 15.0. The van der Waals surface area contributed by atoms with Gasteiger partial charge >= 0.3 is 5.97 Å². The summed E-state index contributed by atoms with van der Waals surface area (Å²) in [5, 5.41) is 2.94. The van der Waals surface area contributed by atoms with Gasteiger partial charge in [-0.05, 0) is 44.0 Å². The predicted molar refractivity (Wildman–Crippen MR) is 114 cm³/mol. The lowest BCUT2D eigenvalue weighted by Gasteiger charge is -2.44. The zero-order valence-corrected chi connectivity index (χ0v) is 17.1. The zero-order chi connectivity index (χ0) is 21.6. The van der Waals surface area contributed by atoms with Gasteiger partial charge in [0.05, 0.1) is 11.4 Å². The SMILES string of the molecule is Cc1cccc2nc(C(=O)OCC(=O)N3c4ccccc4NC(=O)C34CCCC4)cn12. The van der Waals surface area contributed by atoms with Crippen LogP contribution < -0.4 is 10.2 Å². The van der Waals surface area contributed by atoms with Gasteiger partial charge in [0.2, 0.25) is 0 Å². The maximum Gasteiger partial charge on any atom is 0.359 e. The third-order valence-electron chi connectivity index (χ3n) is 6.16. The van der Waals surface area contributed by atoms with Crippen LogP contribution in [0.4, 0.5) is 11.4 Å². The fourth-order valence-corrected chi connectivity index (χ4v) is 4.64. The molecule has 0 atom stereocenters. The van der Waals surface area contributed by atoms with E-state index in [0.717, 1.165) is 18.5 Å². The van der Waals surface area contributed by atoms with Gasteiger partial charge in [-0.25, -0.2) is 9.78 Å². The van der Waals surface area contributed by atoms with E-state index in [9.17, 15) is 14.4 Å². The molecule has 1 fully saturated rings. The van der Waals surface area contributed by atoms with Crippen molar-refractivity contribution in [2.45, 2.75) is 38.1 Å². The number of esters is 1. The molecule has 5 rings (SSSR count). The van der Waals surface area contributed by atoms with Gasteiger partial charge in [0.15, 0.2) is 12.3 Å². The normalized spacial score (nSPS) is 16.9. The number of carbonyl (C=O) groups excluding carboxylic acids is 3. The molecular formula is C23H22N4O4. The number of pyridine rings is 1. The van der Waals surface area contributed by atoms with Crippen molar-refractivity contribution in [3.05, 3.63) is 60.0 Å². The van der Waals surface area contributed by atoms with Gasteiger partial charge in [-0.15, -0.1) is 0 Å². The number of aromatic nitrogens is 2. The number of fused-ring (bicyclic) bond motifs is 2. The molecular weight excluding hydrogens is 396 g/mol. The van der Waals surface area contributed by atoms with Crippen molar-refractivity contribution in [1.82, 2.24) is 9.38 Å². The van der Waals surface area contributed by atoms with Crippen LogP contribution in [-0.2, 0) is 14.3 Å². The molecule has 2 aromatic heterocycles. The van der Waals surface area contributed by atoms with Crippen molar-refractivity contribution in [2.75, 3.05) is 16.8 Å². The van der Waals surface area contributed by atoms with Crippen LogP contribution >= 0.6 is 0 Å². The molecule has 0 unspecified atom stereocenters. The molecule has 8 heteroatoms. The predicted octanol–water partition coefficient (Wildman–Crippen LogP) is 3.10. The second-order valence-electron chi connectivity index (χ2n) is 8.04. The van der Waals surface area contributed by atoms with Crippen LogP contribution in [0.3, 0.4) is 0 Å². The highest BCUT2D eigenvalue weighted by Gasteiger charge is 2.52. The molecule has 0 bridgehead atoms. The van der Waals surface area contributed by atoms with Gasteiger partial charge in [-0.3, -0.25) is 14.5 Å². The third kappa shape index (κ3) is 3.06. The molecule has 0 saturated heterocycles. The highest BCUT2D eigenvalue weighted by atomic mass is 16.5. The maximum absolute atomic E-state index is 13.3. The van der Waals surface area contributed by atoms with Gasteiger partial charge in [-0.1, -0.05) is 31.0 Å². The largest absolute Gasteiger partial charge is 0.451 e. The number of aryl methyl sites for hydroxylation is 1. The summed E-state index contributed by atoms with van der Waals surface area (Å²) in [5.74, 6) is -1.27. The molecule has 8 nitrogen and oxygen atoms in total. The molecule has 1 aromatic carbocycles. The topological polar surface area (TPSA) is 93.0 Å². The molecule has 1 aliphatic carbocycles. The zero-order valence-electron chi connectivity index (χ0n) is 17.1. The first kappa shape index (κ1) is 19.3. The number of nitrogens with zero attached hydrogens (tertiary/aromatic N) is 3. The van der Waals surface area contributed by atoms with Crippen LogP contribution in [0.2, 0.25) is 0 Å². The summed E-state index contributed by atoms with van der Waals surface area (Å²) in [7, 11) is 0. The van der Waals surface area contributed by atoms with E-state index in [1.807, 2.05) is 25.1 Å². The van der Waals surface area contributed by atoms with Gasteiger partial charge in [0, 0.05) is 11.9 Å². The maximum atomic E-state index is 13.3. The molecule has 1 saturated carbocycles. The molecule has 31 heavy (non-hydrogen) atoms. The number of hydrogen-bond donors (Lipinski definition) is 1. The number of ether oxygens (including phenoxy) is 1.